The van der Waals surface area contributed by atoms with E-state index in [9.17, 15) is 9.59 Å². The zero-order chi connectivity index (χ0) is 15.9. The number of benzene rings is 1. The number of nitrogens with zero attached hydrogens (tertiary/aromatic N) is 2. The van der Waals surface area contributed by atoms with Crippen LogP contribution in [0.3, 0.4) is 0 Å². The molecule has 1 N–H and O–H groups in total. The van der Waals surface area contributed by atoms with Crippen LogP contribution in [0.15, 0.2) is 24.3 Å². The predicted molar refractivity (Wildman–Crippen MR) is 83.9 cm³/mol. The van der Waals surface area contributed by atoms with E-state index in [0.717, 1.165) is 5.56 Å². The summed E-state index contributed by atoms with van der Waals surface area (Å²) in [5.41, 5.74) is 0.950. The maximum atomic E-state index is 12.1. The average Bonchev–Trinajstić information content (AvgIpc) is 2.53. The molecule has 1 aromatic rings. The molecule has 22 heavy (non-hydrogen) atoms. The average molecular weight is 326 g/mol. The fraction of sp³-hybridized carbons (Fsp3) is 0.467. The number of halogens is 1. The Bertz CT molecular complexity index is 531. The minimum atomic E-state index is -0.318. The molecule has 0 spiro atoms. The Kier molecular flexibility index (Phi) is 5.89. The van der Waals surface area contributed by atoms with Gasteiger partial charge in [0.2, 0.25) is 0 Å². The minimum Gasteiger partial charge on any atom is -0.450 e. The molecule has 1 fully saturated rings. The van der Waals surface area contributed by atoms with Gasteiger partial charge in [-0.05, 0) is 24.6 Å². The number of ether oxygens (including phenoxy) is 1. The molecular weight excluding hydrogens is 306 g/mol. The van der Waals surface area contributed by atoms with Crippen LogP contribution in [0.25, 0.3) is 0 Å². The zero-order valence-corrected chi connectivity index (χ0v) is 13.3. The van der Waals surface area contributed by atoms with E-state index in [1.807, 2.05) is 18.2 Å². The van der Waals surface area contributed by atoms with E-state index in [1.54, 1.807) is 22.8 Å². The van der Waals surface area contributed by atoms with Crippen LogP contribution in [-0.4, -0.2) is 54.7 Å². The monoisotopic (exact) mass is 325 g/mol. The smallest absolute Gasteiger partial charge is 0.409 e. The van der Waals surface area contributed by atoms with E-state index < -0.39 is 0 Å². The summed E-state index contributed by atoms with van der Waals surface area (Å²) in [6.07, 6.45) is -0.318. The second-order valence-corrected chi connectivity index (χ2v) is 5.40. The summed E-state index contributed by atoms with van der Waals surface area (Å²) in [4.78, 5) is 27.0. The van der Waals surface area contributed by atoms with Crippen molar-refractivity contribution < 1.29 is 14.3 Å². The van der Waals surface area contributed by atoms with Crippen molar-refractivity contribution in [2.24, 2.45) is 0 Å². The summed E-state index contributed by atoms with van der Waals surface area (Å²) in [6.45, 7) is 4.54. The van der Waals surface area contributed by atoms with Crippen LogP contribution in [-0.2, 0) is 11.3 Å². The van der Waals surface area contributed by atoms with Gasteiger partial charge in [0.1, 0.15) is 0 Å². The van der Waals surface area contributed by atoms with E-state index >= 15 is 0 Å². The molecule has 0 bridgehead atoms. The third kappa shape index (κ3) is 4.53. The lowest BCUT2D eigenvalue weighted by atomic mass is 10.2. The number of urea groups is 1. The molecule has 0 radical (unpaired) electrons. The number of rotatable bonds is 3. The minimum absolute atomic E-state index is 0.136. The molecule has 0 aliphatic carbocycles. The molecule has 0 saturated carbocycles. The second-order valence-electron chi connectivity index (χ2n) is 4.96. The van der Waals surface area contributed by atoms with Crippen molar-refractivity contribution in [1.82, 2.24) is 15.1 Å². The number of carbonyl (C=O) groups is 2. The molecule has 0 atom stereocenters. The van der Waals surface area contributed by atoms with Crippen molar-refractivity contribution in [3.63, 3.8) is 0 Å². The Labute approximate surface area is 135 Å². The van der Waals surface area contributed by atoms with Crippen LogP contribution >= 0.6 is 11.6 Å². The molecule has 1 aliphatic heterocycles. The largest absolute Gasteiger partial charge is 0.450 e. The number of hydrogen-bond acceptors (Lipinski definition) is 3. The second kappa shape index (κ2) is 7.89. The lowest BCUT2D eigenvalue weighted by Gasteiger charge is -2.34. The van der Waals surface area contributed by atoms with E-state index in [-0.39, 0.29) is 12.1 Å². The molecular formula is C15H20ClN3O3. The van der Waals surface area contributed by atoms with Gasteiger partial charge in [0, 0.05) is 37.7 Å². The van der Waals surface area contributed by atoms with E-state index in [2.05, 4.69) is 5.32 Å². The van der Waals surface area contributed by atoms with Gasteiger partial charge in [0.05, 0.1) is 6.61 Å². The summed E-state index contributed by atoms with van der Waals surface area (Å²) in [6, 6.07) is 7.23. The van der Waals surface area contributed by atoms with Crippen LogP contribution < -0.4 is 5.32 Å². The summed E-state index contributed by atoms with van der Waals surface area (Å²) in [7, 11) is 0. The number of carbonyl (C=O) groups excluding carboxylic acids is 2. The number of nitrogens with one attached hydrogen (secondary N) is 1. The van der Waals surface area contributed by atoms with Crippen molar-refractivity contribution in [3.8, 4) is 0 Å². The lowest BCUT2D eigenvalue weighted by molar-refractivity contribution is 0.0851. The molecule has 1 saturated heterocycles. The van der Waals surface area contributed by atoms with Gasteiger partial charge in [-0.15, -0.1) is 0 Å². The van der Waals surface area contributed by atoms with Crippen LogP contribution in [0.5, 0.6) is 0 Å². The molecule has 1 aliphatic rings. The van der Waals surface area contributed by atoms with Gasteiger partial charge in [-0.2, -0.15) is 0 Å². The van der Waals surface area contributed by atoms with Crippen molar-refractivity contribution in [2.75, 3.05) is 32.8 Å². The fourth-order valence-electron chi connectivity index (χ4n) is 2.24. The molecule has 1 heterocycles. The topological polar surface area (TPSA) is 61.9 Å². The maximum Gasteiger partial charge on any atom is 0.409 e. The Hall–Kier alpha value is -1.95. The van der Waals surface area contributed by atoms with Gasteiger partial charge < -0.3 is 19.9 Å². The summed E-state index contributed by atoms with van der Waals surface area (Å²) >= 11 is 5.91. The molecule has 6 nitrogen and oxygen atoms in total. The summed E-state index contributed by atoms with van der Waals surface area (Å²) in [5.74, 6) is 0. The van der Waals surface area contributed by atoms with E-state index in [0.29, 0.717) is 44.4 Å². The van der Waals surface area contributed by atoms with Gasteiger partial charge in [-0.3, -0.25) is 0 Å². The van der Waals surface area contributed by atoms with E-state index in [1.165, 1.54) is 0 Å². The normalized spacial score (nSPS) is 14.6. The van der Waals surface area contributed by atoms with Crippen molar-refractivity contribution in [2.45, 2.75) is 13.5 Å². The molecule has 7 heteroatoms. The first-order valence-corrected chi connectivity index (χ1v) is 7.67. The standard InChI is InChI=1S/C15H20ClN3O3/c1-2-22-15(21)19-8-6-18(7-9-19)14(20)17-11-12-4-3-5-13(16)10-12/h3-5,10H,2,6-9,11H2,1H3,(H,17,20). The van der Waals surface area contributed by atoms with Crippen LogP contribution in [0.4, 0.5) is 9.59 Å². The van der Waals surface area contributed by atoms with Gasteiger partial charge in [-0.1, -0.05) is 23.7 Å². The number of amides is 3. The van der Waals surface area contributed by atoms with Gasteiger partial charge >= 0.3 is 12.1 Å². The van der Waals surface area contributed by atoms with Gasteiger partial charge in [0.25, 0.3) is 0 Å². The van der Waals surface area contributed by atoms with Gasteiger partial charge in [-0.25, -0.2) is 9.59 Å². The molecule has 2 rings (SSSR count). The maximum absolute atomic E-state index is 12.1. The van der Waals surface area contributed by atoms with Crippen molar-refractivity contribution in [1.29, 1.82) is 0 Å². The molecule has 0 aromatic heterocycles. The Morgan fingerprint density at radius 3 is 2.55 bits per heavy atom. The van der Waals surface area contributed by atoms with Crippen molar-refractivity contribution >= 4 is 23.7 Å². The van der Waals surface area contributed by atoms with E-state index in [4.69, 9.17) is 16.3 Å². The third-order valence-electron chi connectivity index (χ3n) is 3.43. The SMILES string of the molecule is CCOC(=O)N1CCN(C(=O)NCc2cccc(Cl)c2)CC1. The highest BCUT2D eigenvalue weighted by Gasteiger charge is 2.24. The Balaban J connectivity index is 1.76. The predicted octanol–water partition coefficient (Wildman–Crippen LogP) is 2.32. The molecule has 3 amide bonds. The summed E-state index contributed by atoms with van der Waals surface area (Å²) < 4.78 is 4.95. The fourth-order valence-corrected chi connectivity index (χ4v) is 2.46. The molecule has 0 unspecified atom stereocenters. The highest BCUT2D eigenvalue weighted by atomic mass is 35.5. The Morgan fingerprint density at radius 2 is 1.91 bits per heavy atom. The highest BCUT2D eigenvalue weighted by Crippen LogP contribution is 2.10. The number of hydrogen-bond donors (Lipinski definition) is 1. The van der Waals surface area contributed by atoms with Crippen LogP contribution in [0.1, 0.15) is 12.5 Å². The van der Waals surface area contributed by atoms with Crippen molar-refractivity contribution in [3.05, 3.63) is 34.9 Å². The van der Waals surface area contributed by atoms with Gasteiger partial charge in [0.15, 0.2) is 0 Å². The van der Waals surface area contributed by atoms with Crippen LogP contribution in [0, 0.1) is 0 Å². The number of piperazine rings is 1. The lowest BCUT2D eigenvalue weighted by Crippen LogP contribution is -2.53. The van der Waals surface area contributed by atoms with Crippen LogP contribution in [0.2, 0.25) is 5.02 Å². The third-order valence-corrected chi connectivity index (χ3v) is 3.66. The summed E-state index contributed by atoms with van der Waals surface area (Å²) in [5, 5.41) is 3.51. The first-order chi connectivity index (χ1) is 10.6. The zero-order valence-electron chi connectivity index (χ0n) is 12.5. The quantitative estimate of drug-likeness (QED) is 0.927. The Morgan fingerprint density at radius 1 is 1.23 bits per heavy atom. The highest BCUT2D eigenvalue weighted by molar-refractivity contribution is 6.30. The molecule has 120 valence electrons. The first-order valence-electron chi connectivity index (χ1n) is 7.29. The first kappa shape index (κ1) is 16.4. The molecule has 1 aromatic carbocycles.